The fourth-order valence-electron chi connectivity index (χ4n) is 3.83. The zero-order valence-electron chi connectivity index (χ0n) is 17.3. The molecule has 1 aliphatic carbocycles. The van der Waals surface area contributed by atoms with Gasteiger partial charge in [-0.05, 0) is 46.7 Å². The molecule has 0 aromatic heterocycles. The Morgan fingerprint density at radius 3 is 2.30 bits per heavy atom. The maximum Gasteiger partial charge on any atom is 0.310 e. The van der Waals surface area contributed by atoms with Crippen LogP contribution in [0.1, 0.15) is 25.0 Å². The Hall–Kier alpha value is -3.33. The molecule has 3 nitrogen and oxygen atoms in total. The van der Waals surface area contributed by atoms with Crippen molar-refractivity contribution in [3.8, 4) is 11.5 Å². The normalized spacial score (nSPS) is 19.4. The summed E-state index contributed by atoms with van der Waals surface area (Å²) in [5.74, 6) is 1.45. The largest absolute Gasteiger partial charge is 0.461 e. The van der Waals surface area contributed by atoms with Crippen LogP contribution in [-0.4, -0.2) is 5.97 Å². The molecule has 1 fully saturated rings. The Balaban J connectivity index is 1.34. The van der Waals surface area contributed by atoms with Crippen LogP contribution in [0.5, 0.6) is 11.5 Å². The van der Waals surface area contributed by atoms with Gasteiger partial charge < -0.3 is 9.47 Å². The van der Waals surface area contributed by atoms with E-state index in [1.807, 2.05) is 72.8 Å². The maximum atomic E-state index is 12.7. The number of esters is 1. The molecule has 3 aromatic carbocycles. The smallest absolute Gasteiger partial charge is 0.310 e. The first-order valence-electron chi connectivity index (χ1n) is 10.3. The van der Waals surface area contributed by atoms with E-state index in [0.717, 1.165) is 22.6 Å². The number of hydrogen-bond acceptors (Lipinski definition) is 3. The predicted molar refractivity (Wildman–Crippen MR) is 119 cm³/mol. The van der Waals surface area contributed by atoms with Crippen molar-refractivity contribution in [2.24, 2.45) is 17.3 Å². The molecule has 0 saturated heterocycles. The first kappa shape index (κ1) is 20.0. The SMILES string of the molecule is CC1(C)C(/C=C\c2ccccc2)C1C(=O)OCc1cccc(Oc2ccccc2)c1. The van der Waals surface area contributed by atoms with Crippen LogP contribution in [0.3, 0.4) is 0 Å². The van der Waals surface area contributed by atoms with Crippen molar-refractivity contribution >= 4 is 12.0 Å². The van der Waals surface area contributed by atoms with Gasteiger partial charge in [0.2, 0.25) is 0 Å². The average molecular weight is 399 g/mol. The molecule has 152 valence electrons. The Labute approximate surface area is 178 Å². The molecule has 0 heterocycles. The molecule has 1 saturated carbocycles. The summed E-state index contributed by atoms with van der Waals surface area (Å²) in [4.78, 5) is 12.7. The van der Waals surface area contributed by atoms with Crippen LogP contribution in [0, 0.1) is 17.3 Å². The highest BCUT2D eigenvalue weighted by atomic mass is 16.5. The van der Waals surface area contributed by atoms with Crippen LogP contribution in [-0.2, 0) is 16.1 Å². The van der Waals surface area contributed by atoms with Crippen LogP contribution in [0.15, 0.2) is 91.0 Å². The molecule has 2 atom stereocenters. The summed E-state index contributed by atoms with van der Waals surface area (Å²) in [5.41, 5.74) is 1.97. The molecule has 0 aliphatic heterocycles. The maximum absolute atomic E-state index is 12.7. The number of carbonyl (C=O) groups excluding carboxylic acids is 1. The third-order valence-electron chi connectivity index (χ3n) is 5.72. The van der Waals surface area contributed by atoms with Gasteiger partial charge in [0.15, 0.2) is 0 Å². The van der Waals surface area contributed by atoms with Crippen molar-refractivity contribution in [2.75, 3.05) is 0 Å². The van der Waals surface area contributed by atoms with E-state index in [-0.39, 0.29) is 29.8 Å². The minimum absolute atomic E-state index is 0.0827. The zero-order chi connectivity index (χ0) is 21.0. The number of allylic oxidation sites excluding steroid dienone is 1. The van der Waals surface area contributed by atoms with E-state index in [4.69, 9.17) is 9.47 Å². The van der Waals surface area contributed by atoms with E-state index < -0.39 is 0 Å². The number of rotatable bonds is 7. The lowest BCUT2D eigenvalue weighted by atomic mass is 10.1. The quantitative estimate of drug-likeness (QED) is 0.426. The van der Waals surface area contributed by atoms with Crippen LogP contribution in [0.25, 0.3) is 6.08 Å². The molecule has 0 radical (unpaired) electrons. The molecular weight excluding hydrogens is 372 g/mol. The van der Waals surface area contributed by atoms with E-state index in [0.29, 0.717) is 0 Å². The lowest BCUT2D eigenvalue weighted by Gasteiger charge is -2.09. The molecule has 3 aromatic rings. The van der Waals surface area contributed by atoms with E-state index >= 15 is 0 Å². The first-order valence-corrected chi connectivity index (χ1v) is 10.3. The molecule has 0 N–H and O–H groups in total. The number of ether oxygens (including phenoxy) is 2. The van der Waals surface area contributed by atoms with Gasteiger partial charge in [0.1, 0.15) is 18.1 Å². The van der Waals surface area contributed by atoms with Gasteiger partial charge >= 0.3 is 5.97 Å². The monoisotopic (exact) mass is 398 g/mol. The average Bonchev–Trinajstić information content (AvgIpc) is 3.32. The molecule has 0 amide bonds. The molecule has 2 unspecified atom stereocenters. The summed E-state index contributed by atoms with van der Waals surface area (Å²) in [7, 11) is 0. The number of para-hydroxylation sites is 1. The summed E-state index contributed by atoms with van der Waals surface area (Å²) < 4.78 is 11.5. The highest BCUT2D eigenvalue weighted by Gasteiger charge is 2.61. The van der Waals surface area contributed by atoms with Crippen molar-refractivity contribution in [2.45, 2.75) is 20.5 Å². The number of carbonyl (C=O) groups is 1. The summed E-state index contributed by atoms with van der Waals surface area (Å²) in [6.07, 6.45) is 4.22. The van der Waals surface area contributed by atoms with Gasteiger partial charge in [0.25, 0.3) is 0 Å². The Bertz CT molecular complexity index is 1020. The third kappa shape index (κ3) is 4.62. The predicted octanol–water partition coefficient (Wildman–Crippen LogP) is 6.51. The topological polar surface area (TPSA) is 35.5 Å². The van der Waals surface area contributed by atoms with Gasteiger partial charge in [-0.15, -0.1) is 0 Å². The van der Waals surface area contributed by atoms with Crippen LogP contribution >= 0.6 is 0 Å². The van der Waals surface area contributed by atoms with Crippen molar-refractivity contribution in [1.82, 2.24) is 0 Å². The molecule has 3 heteroatoms. The third-order valence-corrected chi connectivity index (χ3v) is 5.72. The van der Waals surface area contributed by atoms with Gasteiger partial charge in [-0.3, -0.25) is 4.79 Å². The summed E-state index contributed by atoms with van der Waals surface area (Å²) in [6, 6.07) is 27.4. The standard InChI is InChI=1S/C27H26O3/c1-27(2)24(17-16-20-10-5-3-6-11-20)25(27)26(28)29-19-21-12-9-15-23(18-21)30-22-13-7-4-8-14-22/h3-18,24-25H,19H2,1-2H3/b17-16-. The summed E-state index contributed by atoms with van der Waals surface area (Å²) >= 11 is 0. The Kier molecular flexibility index (Phi) is 5.71. The second-order valence-electron chi connectivity index (χ2n) is 8.26. The van der Waals surface area contributed by atoms with Crippen molar-refractivity contribution in [1.29, 1.82) is 0 Å². The van der Waals surface area contributed by atoms with Crippen LogP contribution in [0.4, 0.5) is 0 Å². The highest BCUT2D eigenvalue weighted by molar-refractivity contribution is 5.78. The molecule has 0 bridgehead atoms. The number of benzene rings is 3. The minimum atomic E-state index is -0.142. The Morgan fingerprint density at radius 2 is 1.57 bits per heavy atom. The van der Waals surface area contributed by atoms with E-state index in [1.165, 1.54) is 0 Å². The second kappa shape index (κ2) is 8.58. The van der Waals surface area contributed by atoms with Gasteiger partial charge in [-0.1, -0.05) is 86.7 Å². The van der Waals surface area contributed by atoms with Crippen molar-refractivity contribution in [3.05, 3.63) is 102 Å². The highest BCUT2D eigenvalue weighted by Crippen LogP contribution is 2.59. The molecule has 4 rings (SSSR count). The molecular formula is C27H26O3. The van der Waals surface area contributed by atoms with Gasteiger partial charge in [0, 0.05) is 0 Å². The Morgan fingerprint density at radius 1 is 0.900 bits per heavy atom. The molecule has 1 aliphatic rings. The summed E-state index contributed by atoms with van der Waals surface area (Å²) in [6.45, 7) is 4.48. The fraction of sp³-hybridized carbons (Fsp3) is 0.222. The molecule has 0 spiro atoms. The van der Waals surface area contributed by atoms with E-state index in [2.05, 4.69) is 38.1 Å². The fourth-order valence-corrected chi connectivity index (χ4v) is 3.83. The lowest BCUT2D eigenvalue weighted by Crippen LogP contribution is -2.10. The second-order valence-corrected chi connectivity index (χ2v) is 8.26. The number of hydrogen-bond donors (Lipinski definition) is 0. The molecule has 30 heavy (non-hydrogen) atoms. The van der Waals surface area contributed by atoms with E-state index in [1.54, 1.807) is 0 Å². The van der Waals surface area contributed by atoms with Crippen LogP contribution in [0.2, 0.25) is 0 Å². The van der Waals surface area contributed by atoms with Crippen molar-refractivity contribution < 1.29 is 14.3 Å². The van der Waals surface area contributed by atoms with Gasteiger partial charge in [-0.2, -0.15) is 0 Å². The lowest BCUT2D eigenvalue weighted by molar-refractivity contribution is -0.147. The van der Waals surface area contributed by atoms with Gasteiger partial charge in [0.05, 0.1) is 5.92 Å². The van der Waals surface area contributed by atoms with Gasteiger partial charge in [-0.25, -0.2) is 0 Å². The zero-order valence-corrected chi connectivity index (χ0v) is 17.3. The van der Waals surface area contributed by atoms with Crippen LogP contribution < -0.4 is 4.74 Å². The van der Waals surface area contributed by atoms with E-state index in [9.17, 15) is 4.79 Å². The van der Waals surface area contributed by atoms with Crippen molar-refractivity contribution in [3.63, 3.8) is 0 Å². The minimum Gasteiger partial charge on any atom is -0.461 e. The summed E-state index contributed by atoms with van der Waals surface area (Å²) in [5, 5.41) is 0. The first-order chi connectivity index (χ1) is 14.5.